The van der Waals surface area contributed by atoms with Crippen LogP contribution in [0.4, 0.5) is 0 Å². The SMILES string of the molecule is C=CC(C)CC.CC.CC(C)CCCCCCOC(C)C. The van der Waals surface area contributed by atoms with Gasteiger partial charge in [-0.2, -0.15) is 0 Å². The minimum absolute atomic E-state index is 0.399. The van der Waals surface area contributed by atoms with Crippen molar-refractivity contribution in [3.63, 3.8) is 0 Å². The highest BCUT2D eigenvalue weighted by atomic mass is 16.5. The normalized spacial score (nSPS) is 11.3. The van der Waals surface area contributed by atoms with Gasteiger partial charge in [0.1, 0.15) is 0 Å². The topological polar surface area (TPSA) is 9.23 Å². The lowest BCUT2D eigenvalue weighted by atomic mass is 10.0. The van der Waals surface area contributed by atoms with E-state index in [0.717, 1.165) is 12.5 Å². The van der Waals surface area contributed by atoms with E-state index < -0.39 is 0 Å². The Bertz CT molecular complexity index is 161. The molecule has 0 rings (SSSR count). The second-order valence-electron chi connectivity index (χ2n) is 6.14. The summed E-state index contributed by atoms with van der Waals surface area (Å²) in [6.07, 6.45) is 10.3. The summed E-state index contributed by atoms with van der Waals surface area (Å²) >= 11 is 0. The molecular formula is C20H44O. The third kappa shape index (κ3) is 32.9. The van der Waals surface area contributed by atoms with Gasteiger partial charge in [0.15, 0.2) is 0 Å². The number of rotatable bonds is 10. The predicted octanol–water partition coefficient (Wildman–Crippen LogP) is 7.26. The second kappa shape index (κ2) is 22.0. The summed E-state index contributed by atoms with van der Waals surface area (Å²) in [5.41, 5.74) is 0. The number of hydrogen-bond donors (Lipinski definition) is 0. The molecule has 0 aromatic heterocycles. The zero-order valence-electron chi connectivity index (χ0n) is 16.4. The molecule has 0 amide bonds. The summed E-state index contributed by atoms with van der Waals surface area (Å²) in [6, 6.07) is 0. The molecule has 21 heavy (non-hydrogen) atoms. The lowest BCUT2D eigenvalue weighted by Gasteiger charge is -2.07. The highest BCUT2D eigenvalue weighted by molar-refractivity contribution is 4.72. The first-order chi connectivity index (χ1) is 9.93. The van der Waals surface area contributed by atoms with Gasteiger partial charge in [-0.3, -0.25) is 0 Å². The monoisotopic (exact) mass is 300 g/mol. The molecule has 0 fully saturated rings. The van der Waals surface area contributed by atoms with E-state index in [1.807, 2.05) is 19.9 Å². The van der Waals surface area contributed by atoms with Gasteiger partial charge < -0.3 is 4.74 Å². The molecule has 0 aliphatic carbocycles. The van der Waals surface area contributed by atoms with Crippen molar-refractivity contribution in [3.05, 3.63) is 12.7 Å². The Morgan fingerprint density at radius 3 is 1.76 bits per heavy atom. The van der Waals surface area contributed by atoms with Crippen LogP contribution < -0.4 is 0 Å². The predicted molar refractivity (Wildman–Crippen MR) is 100 cm³/mol. The van der Waals surface area contributed by atoms with Gasteiger partial charge in [0.05, 0.1) is 6.10 Å². The molecule has 0 aliphatic rings. The smallest absolute Gasteiger partial charge is 0.0518 e. The van der Waals surface area contributed by atoms with E-state index in [2.05, 4.69) is 48.1 Å². The molecular weight excluding hydrogens is 256 g/mol. The average Bonchev–Trinajstić information content (AvgIpc) is 2.47. The van der Waals surface area contributed by atoms with Crippen molar-refractivity contribution in [3.8, 4) is 0 Å². The van der Waals surface area contributed by atoms with Crippen LogP contribution in [0.1, 0.15) is 93.9 Å². The Kier molecular flexibility index (Phi) is 26.8. The number of allylic oxidation sites excluding steroid dienone is 1. The molecule has 0 radical (unpaired) electrons. The van der Waals surface area contributed by atoms with Crippen molar-refractivity contribution in [2.24, 2.45) is 11.8 Å². The molecule has 130 valence electrons. The summed E-state index contributed by atoms with van der Waals surface area (Å²) in [7, 11) is 0. The molecule has 1 nitrogen and oxygen atoms in total. The van der Waals surface area contributed by atoms with E-state index in [0.29, 0.717) is 12.0 Å². The molecule has 0 N–H and O–H groups in total. The van der Waals surface area contributed by atoms with Crippen molar-refractivity contribution < 1.29 is 4.74 Å². The van der Waals surface area contributed by atoms with E-state index in [4.69, 9.17) is 4.74 Å². The van der Waals surface area contributed by atoms with E-state index in [9.17, 15) is 0 Å². The van der Waals surface area contributed by atoms with Gasteiger partial charge in [-0.15, -0.1) is 6.58 Å². The van der Waals surface area contributed by atoms with Gasteiger partial charge in [-0.1, -0.05) is 79.7 Å². The average molecular weight is 301 g/mol. The summed E-state index contributed by atoms with van der Waals surface area (Å²) in [5, 5.41) is 0. The molecule has 0 aliphatic heterocycles. The maximum Gasteiger partial charge on any atom is 0.0518 e. The lowest BCUT2D eigenvalue weighted by molar-refractivity contribution is 0.0756. The van der Waals surface area contributed by atoms with Gasteiger partial charge in [0, 0.05) is 6.61 Å². The van der Waals surface area contributed by atoms with Crippen LogP contribution in [0.3, 0.4) is 0 Å². The van der Waals surface area contributed by atoms with Gasteiger partial charge in [-0.05, 0) is 32.1 Å². The summed E-state index contributed by atoms with van der Waals surface area (Å²) in [5.74, 6) is 1.57. The van der Waals surface area contributed by atoms with Crippen LogP contribution in [0.25, 0.3) is 0 Å². The van der Waals surface area contributed by atoms with Crippen molar-refractivity contribution in [2.45, 2.75) is 100 Å². The summed E-state index contributed by atoms with van der Waals surface area (Å²) < 4.78 is 5.47. The first-order valence-corrected chi connectivity index (χ1v) is 9.18. The minimum Gasteiger partial charge on any atom is -0.379 e. The highest BCUT2D eigenvalue weighted by Crippen LogP contribution is 2.09. The molecule has 0 aromatic carbocycles. The number of unbranched alkanes of at least 4 members (excludes halogenated alkanes) is 3. The third-order valence-electron chi connectivity index (χ3n) is 3.17. The standard InChI is InChI=1S/C12H26O.C6H12.C2H6/c1-11(2)9-7-5-6-8-10-13-12(3)4;1-4-6(3)5-2;1-2/h11-12H,5-10H2,1-4H3;4,6H,1,5H2,2-3H3;1-2H3. The molecule has 0 heterocycles. The molecule has 0 saturated heterocycles. The van der Waals surface area contributed by atoms with Crippen LogP contribution in [-0.4, -0.2) is 12.7 Å². The fraction of sp³-hybridized carbons (Fsp3) is 0.900. The number of hydrogen-bond acceptors (Lipinski definition) is 1. The lowest BCUT2D eigenvalue weighted by Crippen LogP contribution is -2.03. The maximum absolute atomic E-state index is 5.47. The minimum atomic E-state index is 0.399. The van der Waals surface area contributed by atoms with Crippen LogP contribution in [-0.2, 0) is 4.74 Å². The van der Waals surface area contributed by atoms with Crippen LogP contribution in [0.2, 0.25) is 0 Å². The first kappa shape index (κ1) is 25.6. The molecule has 0 saturated carbocycles. The van der Waals surface area contributed by atoms with E-state index in [1.54, 1.807) is 0 Å². The first-order valence-electron chi connectivity index (χ1n) is 9.18. The van der Waals surface area contributed by atoms with Crippen LogP contribution in [0.5, 0.6) is 0 Å². The summed E-state index contributed by atoms with van der Waals surface area (Å²) in [6.45, 7) is 21.7. The zero-order chi connectivity index (χ0) is 17.1. The Morgan fingerprint density at radius 2 is 1.43 bits per heavy atom. The fourth-order valence-electron chi connectivity index (χ4n) is 1.49. The van der Waals surface area contributed by atoms with E-state index in [-0.39, 0.29) is 0 Å². The Balaban J connectivity index is -0.000000339. The second-order valence-corrected chi connectivity index (χ2v) is 6.14. The highest BCUT2D eigenvalue weighted by Gasteiger charge is 1.95. The largest absolute Gasteiger partial charge is 0.379 e. The molecule has 1 unspecified atom stereocenters. The molecule has 1 atom stereocenters. The van der Waals surface area contributed by atoms with Crippen molar-refractivity contribution in [2.75, 3.05) is 6.61 Å². The van der Waals surface area contributed by atoms with Crippen LogP contribution in [0.15, 0.2) is 12.7 Å². The van der Waals surface area contributed by atoms with Crippen molar-refractivity contribution in [1.82, 2.24) is 0 Å². The fourth-order valence-corrected chi connectivity index (χ4v) is 1.49. The molecule has 0 aromatic rings. The van der Waals surface area contributed by atoms with E-state index in [1.165, 1.54) is 38.5 Å². The Morgan fingerprint density at radius 1 is 0.905 bits per heavy atom. The molecule has 0 bridgehead atoms. The number of ether oxygens (including phenoxy) is 1. The van der Waals surface area contributed by atoms with E-state index >= 15 is 0 Å². The van der Waals surface area contributed by atoms with Crippen molar-refractivity contribution in [1.29, 1.82) is 0 Å². The quantitative estimate of drug-likeness (QED) is 0.304. The Hall–Kier alpha value is -0.300. The van der Waals surface area contributed by atoms with Crippen LogP contribution >= 0.6 is 0 Å². The van der Waals surface area contributed by atoms with Crippen LogP contribution in [0, 0.1) is 11.8 Å². The Labute approximate surface area is 136 Å². The third-order valence-corrected chi connectivity index (χ3v) is 3.17. The van der Waals surface area contributed by atoms with Gasteiger partial charge in [-0.25, -0.2) is 0 Å². The summed E-state index contributed by atoms with van der Waals surface area (Å²) in [4.78, 5) is 0. The zero-order valence-corrected chi connectivity index (χ0v) is 16.4. The van der Waals surface area contributed by atoms with Crippen molar-refractivity contribution >= 4 is 0 Å². The van der Waals surface area contributed by atoms with Gasteiger partial charge in [0.2, 0.25) is 0 Å². The molecule has 1 heteroatoms. The molecule has 0 spiro atoms. The maximum atomic E-state index is 5.47. The van der Waals surface area contributed by atoms with Gasteiger partial charge >= 0.3 is 0 Å². The van der Waals surface area contributed by atoms with Gasteiger partial charge in [0.25, 0.3) is 0 Å².